The van der Waals surface area contributed by atoms with Crippen LogP contribution < -0.4 is 5.73 Å². The molecular weight excluding hydrogens is 317 g/mol. The molecule has 3 heteroatoms. The first kappa shape index (κ1) is 9.48. The molecule has 0 spiro atoms. The highest BCUT2D eigenvalue weighted by Gasteiger charge is 2.02. The topological polar surface area (TPSA) is 26.0 Å². The van der Waals surface area contributed by atoms with Crippen LogP contribution in [-0.4, -0.2) is 0 Å². The van der Waals surface area contributed by atoms with Crippen LogP contribution in [0.4, 0.5) is 0 Å². The van der Waals surface area contributed by atoms with Crippen molar-refractivity contribution in [2.45, 2.75) is 13.5 Å². The first-order chi connectivity index (χ1) is 5.15. The van der Waals surface area contributed by atoms with Crippen molar-refractivity contribution in [3.63, 3.8) is 0 Å². The lowest BCUT2D eigenvalue weighted by Gasteiger charge is -2.05. The molecule has 0 amide bonds. The molecular formula is C8H9BrIN. The van der Waals surface area contributed by atoms with Crippen molar-refractivity contribution in [2.24, 2.45) is 5.73 Å². The van der Waals surface area contributed by atoms with Gasteiger partial charge in [0.15, 0.2) is 0 Å². The van der Waals surface area contributed by atoms with Crippen molar-refractivity contribution in [2.75, 3.05) is 0 Å². The van der Waals surface area contributed by atoms with Crippen LogP contribution in [0.3, 0.4) is 0 Å². The van der Waals surface area contributed by atoms with Gasteiger partial charge in [0.25, 0.3) is 0 Å². The summed E-state index contributed by atoms with van der Waals surface area (Å²) in [4.78, 5) is 0. The third-order valence-corrected chi connectivity index (χ3v) is 3.01. The Hall–Kier alpha value is 0.390. The molecule has 0 aliphatic carbocycles. The van der Waals surface area contributed by atoms with E-state index >= 15 is 0 Å². The lowest BCUT2D eigenvalue weighted by molar-refractivity contribution is 1.04. The maximum atomic E-state index is 5.58. The smallest absolute Gasteiger partial charge is 0.0191 e. The number of nitrogens with two attached hydrogens (primary N) is 1. The number of rotatable bonds is 1. The summed E-state index contributed by atoms with van der Waals surface area (Å²) in [5.41, 5.74) is 8.08. The predicted octanol–water partition coefficient (Wildman–Crippen LogP) is 2.82. The zero-order chi connectivity index (χ0) is 8.43. The van der Waals surface area contributed by atoms with E-state index in [1.807, 2.05) is 0 Å². The number of aryl methyl sites for hydroxylation is 1. The molecule has 0 aliphatic rings. The van der Waals surface area contributed by atoms with E-state index in [9.17, 15) is 0 Å². The molecule has 0 aliphatic heterocycles. The monoisotopic (exact) mass is 325 g/mol. The average molecular weight is 326 g/mol. The van der Waals surface area contributed by atoms with E-state index in [2.05, 4.69) is 57.6 Å². The Balaban J connectivity index is 3.25. The highest BCUT2D eigenvalue weighted by molar-refractivity contribution is 14.1. The van der Waals surface area contributed by atoms with Gasteiger partial charge in [-0.1, -0.05) is 15.9 Å². The number of halogens is 2. The van der Waals surface area contributed by atoms with Gasteiger partial charge < -0.3 is 5.73 Å². The molecule has 0 aromatic heterocycles. The van der Waals surface area contributed by atoms with Gasteiger partial charge in [0.05, 0.1) is 0 Å². The van der Waals surface area contributed by atoms with E-state index in [0.717, 1.165) is 4.47 Å². The van der Waals surface area contributed by atoms with Crippen molar-refractivity contribution in [1.82, 2.24) is 0 Å². The first-order valence-electron chi connectivity index (χ1n) is 3.29. The van der Waals surface area contributed by atoms with Gasteiger partial charge in [0, 0.05) is 14.6 Å². The Kier molecular flexibility index (Phi) is 3.33. The summed E-state index contributed by atoms with van der Waals surface area (Å²) < 4.78 is 2.36. The molecule has 0 bridgehead atoms. The van der Waals surface area contributed by atoms with Crippen LogP contribution in [0, 0.1) is 10.5 Å². The van der Waals surface area contributed by atoms with Gasteiger partial charge in [-0.2, -0.15) is 0 Å². The van der Waals surface area contributed by atoms with Crippen molar-refractivity contribution < 1.29 is 0 Å². The minimum absolute atomic E-state index is 0.622. The molecule has 0 unspecified atom stereocenters. The molecule has 0 heterocycles. The number of hydrogen-bond donors (Lipinski definition) is 1. The van der Waals surface area contributed by atoms with Crippen LogP contribution in [0.2, 0.25) is 0 Å². The van der Waals surface area contributed by atoms with Crippen LogP contribution >= 0.6 is 38.5 Å². The Bertz CT molecular complexity index is 250. The summed E-state index contributed by atoms with van der Waals surface area (Å²) in [5.74, 6) is 0. The molecule has 0 atom stereocenters. The summed E-state index contributed by atoms with van der Waals surface area (Å²) in [6.07, 6.45) is 0. The standard InChI is InChI=1S/C8H9BrIN/c1-5-2-6(9)3-8(10)7(5)4-11/h2-3H,4,11H2,1H3. The van der Waals surface area contributed by atoms with Gasteiger partial charge in [-0.05, 0) is 52.8 Å². The summed E-state index contributed by atoms with van der Waals surface area (Å²) in [5, 5.41) is 0. The van der Waals surface area contributed by atoms with Gasteiger partial charge in [0.1, 0.15) is 0 Å². The molecule has 0 fully saturated rings. The minimum Gasteiger partial charge on any atom is -0.326 e. The first-order valence-corrected chi connectivity index (χ1v) is 5.17. The predicted molar refractivity (Wildman–Crippen MR) is 59.5 cm³/mol. The van der Waals surface area contributed by atoms with E-state index in [4.69, 9.17) is 5.73 Å². The third kappa shape index (κ3) is 2.16. The van der Waals surface area contributed by atoms with Gasteiger partial charge in [-0.15, -0.1) is 0 Å². The molecule has 1 aromatic rings. The summed E-state index contributed by atoms with van der Waals surface area (Å²) in [6, 6.07) is 4.17. The Labute approximate surface area is 88.6 Å². The second kappa shape index (κ2) is 3.87. The van der Waals surface area contributed by atoms with Crippen LogP contribution in [0.1, 0.15) is 11.1 Å². The highest BCUT2D eigenvalue weighted by atomic mass is 127. The van der Waals surface area contributed by atoms with Gasteiger partial charge >= 0.3 is 0 Å². The second-order valence-corrected chi connectivity index (χ2v) is 4.47. The Morgan fingerprint density at radius 3 is 2.64 bits per heavy atom. The second-order valence-electron chi connectivity index (χ2n) is 2.39. The lowest BCUT2D eigenvalue weighted by atomic mass is 10.1. The maximum absolute atomic E-state index is 5.58. The van der Waals surface area contributed by atoms with Gasteiger partial charge in [0.2, 0.25) is 0 Å². The molecule has 0 saturated carbocycles. The molecule has 60 valence electrons. The fraction of sp³-hybridized carbons (Fsp3) is 0.250. The molecule has 2 N–H and O–H groups in total. The van der Waals surface area contributed by atoms with Gasteiger partial charge in [-0.3, -0.25) is 0 Å². The normalized spacial score (nSPS) is 10.2. The van der Waals surface area contributed by atoms with Gasteiger partial charge in [-0.25, -0.2) is 0 Å². The summed E-state index contributed by atoms with van der Waals surface area (Å²) in [7, 11) is 0. The molecule has 1 rings (SSSR count). The minimum atomic E-state index is 0.622. The third-order valence-electron chi connectivity index (χ3n) is 1.59. The number of hydrogen-bond acceptors (Lipinski definition) is 1. The van der Waals surface area contributed by atoms with Crippen molar-refractivity contribution in [1.29, 1.82) is 0 Å². The Morgan fingerprint density at radius 2 is 2.18 bits per heavy atom. The van der Waals surface area contributed by atoms with Crippen LogP contribution in [0.15, 0.2) is 16.6 Å². The molecule has 11 heavy (non-hydrogen) atoms. The average Bonchev–Trinajstić information content (AvgIpc) is 1.85. The van der Waals surface area contributed by atoms with Crippen molar-refractivity contribution in [3.05, 3.63) is 31.3 Å². The van der Waals surface area contributed by atoms with E-state index in [-0.39, 0.29) is 0 Å². The molecule has 0 saturated heterocycles. The SMILES string of the molecule is Cc1cc(Br)cc(I)c1CN. The Morgan fingerprint density at radius 1 is 1.55 bits per heavy atom. The molecule has 1 aromatic carbocycles. The summed E-state index contributed by atoms with van der Waals surface area (Å²) in [6.45, 7) is 2.70. The van der Waals surface area contributed by atoms with E-state index < -0.39 is 0 Å². The van der Waals surface area contributed by atoms with E-state index in [1.54, 1.807) is 0 Å². The number of benzene rings is 1. The van der Waals surface area contributed by atoms with Crippen molar-refractivity contribution >= 4 is 38.5 Å². The van der Waals surface area contributed by atoms with Crippen LogP contribution in [0.25, 0.3) is 0 Å². The van der Waals surface area contributed by atoms with Crippen LogP contribution in [0.5, 0.6) is 0 Å². The molecule has 1 nitrogen and oxygen atoms in total. The fourth-order valence-corrected chi connectivity index (χ4v) is 2.97. The fourth-order valence-electron chi connectivity index (χ4n) is 0.991. The molecule has 0 radical (unpaired) electrons. The lowest BCUT2D eigenvalue weighted by Crippen LogP contribution is -2.01. The largest absolute Gasteiger partial charge is 0.326 e. The van der Waals surface area contributed by atoms with E-state index in [1.165, 1.54) is 14.7 Å². The zero-order valence-electron chi connectivity index (χ0n) is 6.20. The quantitative estimate of drug-likeness (QED) is 0.789. The highest BCUT2D eigenvalue weighted by Crippen LogP contribution is 2.21. The summed E-state index contributed by atoms with van der Waals surface area (Å²) >= 11 is 5.73. The van der Waals surface area contributed by atoms with E-state index in [0.29, 0.717) is 6.54 Å². The zero-order valence-corrected chi connectivity index (χ0v) is 9.94. The maximum Gasteiger partial charge on any atom is 0.0191 e. The van der Waals surface area contributed by atoms with Crippen LogP contribution in [-0.2, 0) is 6.54 Å². The van der Waals surface area contributed by atoms with Crippen molar-refractivity contribution in [3.8, 4) is 0 Å².